The summed E-state index contributed by atoms with van der Waals surface area (Å²) in [4.78, 5) is 27.4. The van der Waals surface area contributed by atoms with Gasteiger partial charge in [-0.15, -0.1) is 5.10 Å². The van der Waals surface area contributed by atoms with Crippen LogP contribution in [0, 0.1) is 0 Å². The molecule has 9 heteroatoms. The number of nitrogens with zero attached hydrogens (tertiary/aromatic N) is 7. The fourth-order valence-corrected chi connectivity index (χ4v) is 4.21. The number of urea groups is 1. The third-order valence-electron chi connectivity index (χ3n) is 5.88. The third kappa shape index (κ3) is 3.30. The highest BCUT2D eigenvalue weighted by atomic mass is 16.5. The molecule has 0 radical (unpaired) electrons. The van der Waals surface area contributed by atoms with Gasteiger partial charge in [-0.1, -0.05) is 0 Å². The fraction of sp³-hybridized carbons (Fsp3) is 0.429. The largest absolute Gasteiger partial charge is 0.494 e. The van der Waals surface area contributed by atoms with Crippen molar-refractivity contribution in [3.05, 3.63) is 36.8 Å². The standard InChI is InChI=1S/C21H25N7O2/c1-30-18-15-22-7-6-16(18)17-14-23-19-4-5-20(24-28(17)19)25-10-12-27(13-11-25)21(29)26-8-2-3-9-26/h4-7,14-15H,2-3,8-13H2,1H3. The van der Waals surface area contributed by atoms with E-state index in [1.54, 1.807) is 25.7 Å². The van der Waals surface area contributed by atoms with Crippen LogP contribution >= 0.6 is 0 Å². The maximum absolute atomic E-state index is 12.6. The summed E-state index contributed by atoms with van der Waals surface area (Å²) in [7, 11) is 1.63. The van der Waals surface area contributed by atoms with Crippen molar-refractivity contribution in [2.45, 2.75) is 12.8 Å². The Morgan fingerprint density at radius 1 is 0.967 bits per heavy atom. The Bertz CT molecular complexity index is 1050. The normalized spacial score (nSPS) is 17.0. The molecule has 0 aliphatic carbocycles. The number of rotatable bonds is 3. The summed E-state index contributed by atoms with van der Waals surface area (Å²) in [6, 6.07) is 6.05. The molecule has 0 saturated carbocycles. The first kappa shape index (κ1) is 18.7. The monoisotopic (exact) mass is 407 g/mol. The van der Waals surface area contributed by atoms with Crippen molar-refractivity contribution in [1.29, 1.82) is 0 Å². The lowest BCUT2D eigenvalue weighted by Gasteiger charge is -2.37. The van der Waals surface area contributed by atoms with Gasteiger partial charge in [-0.3, -0.25) is 4.98 Å². The molecule has 5 heterocycles. The predicted molar refractivity (Wildman–Crippen MR) is 113 cm³/mol. The first-order chi connectivity index (χ1) is 14.7. The number of methoxy groups -OCH3 is 1. The first-order valence-electron chi connectivity index (χ1n) is 10.4. The second kappa shape index (κ2) is 7.81. The zero-order valence-corrected chi connectivity index (χ0v) is 17.1. The van der Waals surface area contributed by atoms with Crippen LogP contribution in [0.3, 0.4) is 0 Å². The van der Waals surface area contributed by atoms with Gasteiger partial charge in [-0.25, -0.2) is 14.3 Å². The van der Waals surface area contributed by atoms with E-state index in [0.717, 1.165) is 61.7 Å². The molecule has 2 aliphatic rings. The number of ether oxygens (including phenoxy) is 1. The number of carbonyl (C=O) groups excluding carboxylic acids is 1. The molecule has 9 nitrogen and oxygen atoms in total. The average molecular weight is 407 g/mol. The van der Waals surface area contributed by atoms with Gasteiger partial charge in [-0.05, 0) is 31.0 Å². The number of pyridine rings is 1. The number of hydrogen-bond donors (Lipinski definition) is 0. The number of hydrogen-bond acceptors (Lipinski definition) is 6. The highest BCUT2D eigenvalue weighted by Crippen LogP contribution is 2.29. The lowest BCUT2D eigenvalue weighted by Crippen LogP contribution is -2.52. The Balaban J connectivity index is 1.36. The highest BCUT2D eigenvalue weighted by molar-refractivity contribution is 5.75. The van der Waals surface area contributed by atoms with Gasteiger partial charge in [0.25, 0.3) is 0 Å². The molecule has 2 amide bonds. The van der Waals surface area contributed by atoms with Crippen molar-refractivity contribution < 1.29 is 9.53 Å². The van der Waals surface area contributed by atoms with Crippen molar-refractivity contribution in [1.82, 2.24) is 29.4 Å². The van der Waals surface area contributed by atoms with Gasteiger partial charge in [0.15, 0.2) is 5.65 Å². The number of aromatic nitrogens is 4. The predicted octanol–water partition coefficient (Wildman–Crippen LogP) is 2.14. The van der Waals surface area contributed by atoms with E-state index >= 15 is 0 Å². The number of piperazine rings is 1. The van der Waals surface area contributed by atoms with Crippen LogP contribution in [0.15, 0.2) is 36.8 Å². The summed E-state index contributed by atoms with van der Waals surface area (Å²) < 4.78 is 7.30. The van der Waals surface area contributed by atoms with E-state index in [2.05, 4.69) is 14.9 Å². The summed E-state index contributed by atoms with van der Waals surface area (Å²) in [5.74, 6) is 1.56. The van der Waals surface area contributed by atoms with E-state index < -0.39 is 0 Å². The third-order valence-corrected chi connectivity index (χ3v) is 5.88. The number of carbonyl (C=O) groups is 1. The molecule has 2 fully saturated rings. The van der Waals surface area contributed by atoms with Crippen molar-refractivity contribution in [3.63, 3.8) is 0 Å². The zero-order chi connectivity index (χ0) is 20.5. The fourth-order valence-electron chi connectivity index (χ4n) is 4.21. The maximum Gasteiger partial charge on any atom is 0.320 e. The summed E-state index contributed by atoms with van der Waals surface area (Å²) in [5.41, 5.74) is 2.52. The minimum atomic E-state index is 0.178. The van der Waals surface area contributed by atoms with Crippen LogP contribution in [0.5, 0.6) is 5.75 Å². The van der Waals surface area contributed by atoms with E-state index in [-0.39, 0.29) is 6.03 Å². The highest BCUT2D eigenvalue weighted by Gasteiger charge is 2.27. The summed E-state index contributed by atoms with van der Waals surface area (Å²) in [6.45, 7) is 4.73. The summed E-state index contributed by atoms with van der Waals surface area (Å²) >= 11 is 0. The van der Waals surface area contributed by atoms with Crippen LogP contribution in [0.25, 0.3) is 16.9 Å². The maximum atomic E-state index is 12.6. The molecule has 5 rings (SSSR count). The first-order valence-corrected chi connectivity index (χ1v) is 10.4. The van der Waals surface area contributed by atoms with Gasteiger partial charge in [0.2, 0.25) is 0 Å². The van der Waals surface area contributed by atoms with Gasteiger partial charge < -0.3 is 19.4 Å². The van der Waals surface area contributed by atoms with Crippen molar-refractivity contribution in [3.8, 4) is 17.0 Å². The number of imidazole rings is 1. The molecule has 0 N–H and O–H groups in total. The lowest BCUT2D eigenvalue weighted by atomic mass is 10.2. The topological polar surface area (TPSA) is 79.1 Å². The second-order valence-electron chi connectivity index (χ2n) is 7.63. The molecular formula is C21H25N7O2. The lowest BCUT2D eigenvalue weighted by molar-refractivity contribution is 0.159. The minimum absolute atomic E-state index is 0.178. The Morgan fingerprint density at radius 3 is 2.50 bits per heavy atom. The van der Waals surface area contributed by atoms with Gasteiger partial charge in [-0.2, -0.15) is 0 Å². The molecule has 0 unspecified atom stereocenters. The Hall–Kier alpha value is -3.36. The van der Waals surface area contributed by atoms with Crippen LogP contribution in [0.4, 0.5) is 10.6 Å². The Labute approximate surface area is 174 Å². The molecule has 3 aromatic rings. The molecule has 30 heavy (non-hydrogen) atoms. The van der Waals surface area contributed by atoms with Gasteiger partial charge >= 0.3 is 6.03 Å². The molecule has 2 saturated heterocycles. The molecule has 0 atom stereocenters. The molecule has 2 aliphatic heterocycles. The van der Waals surface area contributed by atoms with Gasteiger partial charge in [0.05, 0.1) is 25.2 Å². The Morgan fingerprint density at radius 2 is 1.73 bits per heavy atom. The van der Waals surface area contributed by atoms with E-state index in [9.17, 15) is 4.79 Å². The molecular weight excluding hydrogens is 382 g/mol. The minimum Gasteiger partial charge on any atom is -0.494 e. The number of anilines is 1. The van der Waals surface area contributed by atoms with Crippen molar-refractivity contribution >= 4 is 17.5 Å². The van der Waals surface area contributed by atoms with E-state index in [4.69, 9.17) is 9.84 Å². The SMILES string of the molecule is COc1cnccc1-c1cnc2ccc(N3CCN(C(=O)N4CCCC4)CC3)nn12. The van der Waals surface area contributed by atoms with Gasteiger partial charge in [0.1, 0.15) is 11.6 Å². The Kier molecular flexibility index (Phi) is 4.86. The molecule has 0 bridgehead atoms. The van der Waals surface area contributed by atoms with E-state index in [1.165, 1.54) is 0 Å². The van der Waals surface area contributed by atoms with Gasteiger partial charge in [0, 0.05) is 51.0 Å². The van der Waals surface area contributed by atoms with Crippen LogP contribution in [-0.4, -0.2) is 81.8 Å². The van der Waals surface area contributed by atoms with Crippen molar-refractivity contribution in [2.24, 2.45) is 0 Å². The van der Waals surface area contributed by atoms with Crippen molar-refractivity contribution in [2.75, 3.05) is 51.3 Å². The molecule has 0 aromatic carbocycles. The van der Waals surface area contributed by atoms with E-state index in [1.807, 2.05) is 32.5 Å². The molecule has 3 aromatic heterocycles. The molecule has 0 spiro atoms. The average Bonchev–Trinajstić information content (AvgIpc) is 3.48. The van der Waals surface area contributed by atoms with Crippen LogP contribution in [-0.2, 0) is 0 Å². The smallest absolute Gasteiger partial charge is 0.320 e. The van der Waals surface area contributed by atoms with Crippen LogP contribution < -0.4 is 9.64 Å². The number of amides is 2. The zero-order valence-electron chi connectivity index (χ0n) is 17.1. The number of fused-ring (bicyclic) bond motifs is 1. The number of likely N-dealkylation sites (tertiary alicyclic amines) is 1. The van der Waals surface area contributed by atoms with Crippen LogP contribution in [0.1, 0.15) is 12.8 Å². The summed E-state index contributed by atoms with van der Waals surface area (Å²) in [6.07, 6.45) is 7.46. The quantitative estimate of drug-likeness (QED) is 0.662. The summed E-state index contributed by atoms with van der Waals surface area (Å²) in [5, 5.41) is 4.85. The molecule has 156 valence electrons. The second-order valence-corrected chi connectivity index (χ2v) is 7.63. The van der Waals surface area contributed by atoms with E-state index in [0.29, 0.717) is 18.8 Å². The van der Waals surface area contributed by atoms with Crippen LogP contribution in [0.2, 0.25) is 0 Å².